The fraction of sp³-hybridized carbons (Fsp3) is 0.450. The second-order valence-electron chi connectivity index (χ2n) is 6.34. The van der Waals surface area contributed by atoms with Gasteiger partial charge in [-0.25, -0.2) is 4.99 Å². The van der Waals surface area contributed by atoms with Crippen molar-refractivity contribution in [3.05, 3.63) is 54.4 Å². The molecule has 0 saturated heterocycles. The molecule has 0 radical (unpaired) electrons. The minimum atomic E-state index is 0. The molecule has 0 aliphatic rings. The van der Waals surface area contributed by atoms with E-state index in [1.54, 1.807) is 0 Å². The SMILES string of the molecule is CCNC(=NCc1cccc(OCCN(C)C)c1)NCCn1cccc1.I. The zero-order valence-electron chi connectivity index (χ0n) is 16.5. The van der Waals surface area contributed by atoms with E-state index in [9.17, 15) is 0 Å². The topological polar surface area (TPSA) is 53.8 Å². The molecule has 0 fully saturated rings. The van der Waals surface area contributed by atoms with Crippen LogP contribution in [0.1, 0.15) is 12.5 Å². The Morgan fingerprint density at radius 1 is 1.15 bits per heavy atom. The zero-order valence-corrected chi connectivity index (χ0v) is 18.8. The van der Waals surface area contributed by atoms with Gasteiger partial charge >= 0.3 is 0 Å². The maximum atomic E-state index is 5.79. The van der Waals surface area contributed by atoms with E-state index in [4.69, 9.17) is 4.74 Å². The molecule has 1 aromatic carbocycles. The molecule has 0 aliphatic carbocycles. The van der Waals surface area contributed by atoms with E-state index < -0.39 is 0 Å². The highest BCUT2D eigenvalue weighted by Gasteiger charge is 2.00. The summed E-state index contributed by atoms with van der Waals surface area (Å²) in [6.45, 7) is 6.84. The van der Waals surface area contributed by atoms with Crippen LogP contribution in [0.5, 0.6) is 5.75 Å². The average Bonchev–Trinajstić information content (AvgIpc) is 3.13. The van der Waals surface area contributed by atoms with Gasteiger partial charge in [0.15, 0.2) is 5.96 Å². The second-order valence-corrected chi connectivity index (χ2v) is 6.34. The molecule has 6 nitrogen and oxygen atoms in total. The summed E-state index contributed by atoms with van der Waals surface area (Å²) in [5, 5.41) is 6.66. The van der Waals surface area contributed by atoms with Crippen molar-refractivity contribution >= 4 is 29.9 Å². The number of hydrogen-bond donors (Lipinski definition) is 2. The van der Waals surface area contributed by atoms with Crippen molar-refractivity contribution in [1.82, 2.24) is 20.1 Å². The largest absolute Gasteiger partial charge is 0.492 e. The van der Waals surface area contributed by atoms with Crippen molar-refractivity contribution in [2.45, 2.75) is 20.0 Å². The molecule has 0 saturated carbocycles. The van der Waals surface area contributed by atoms with E-state index in [0.717, 1.165) is 43.5 Å². The molecule has 2 aromatic rings. The number of nitrogens with one attached hydrogen (secondary N) is 2. The average molecular weight is 485 g/mol. The highest BCUT2D eigenvalue weighted by molar-refractivity contribution is 14.0. The quantitative estimate of drug-likeness (QED) is 0.309. The number of guanidine groups is 1. The van der Waals surface area contributed by atoms with Crippen molar-refractivity contribution in [2.75, 3.05) is 40.3 Å². The summed E-state index contributed by atoms with van der Waals surface area (Å²) < 4.78 is 7.94. The molecule has 27 heavy (non-hydrogen) atoms. The first-order valence-electron chi connectivity index (χ1n) is 9.17. The van der Waals surface area contributed by atoms with Crippen molar-refractivity contribution in [3.8, 4) is 5.75 Å². The van der Waals surface area contributed by atoms with Crippen LogP contribution in [0.2, 0.25) is 0 Å². The van der Waals surface area contributed by atoms with Gasteiger partial charge in [0, 0.05) is 38.6 Å². The summed E-state index contributed by atoms with van der Waals surface area (Å²) in [6, 6.07) is 12.2. The first-order valence-corrected chi connectivity index (χ1v) is 9.17. The summed E-state index contributed by atoms with van der Waals surface area (Å²) in [5.74, 6) is 1.73. The molecular weight excluding hydrogens is 453 g/mol. The summed E-state index contributed by atoms with van der Waals surface area (Å²) in [4.78, 5) is 6.78. The predicted molar refractivity (Wildman–Crippen MR) is 123 cm³/mol. The van der Waals surface area contributed by atoms with Crippen molar-refractivity contribution in [2.24, 2.45) is 4.99 Å². The predicted octanol–water partition coefficient (Wildman–Crippen LogP) is 2.80. The second kappa shape index (κ2) is 13.4. The number of hydrogen-bond acceptors (Lipinski definition) is 3. The van der Waals surface area contributed by atoms with Crippen LogP contribution in [0, 0.1) is 0 Å². The molecule has 0 amide bonds. The molecule has 2 N–H and O–H groups in total. The van der Waals surface area contributed by atoms with Crippen LogP contribution in [0.4, 0.5) is 0 Å². The lowest BCUT2D eigenvalue weighted by Gasteiger charge is -2.13. The normalized spacial score (nSPS) is 11.2. The van der Waals surface area contributed by atoms with Crippen molar-refractivity contribution < 1.29 is 4.74 Å². The summed E-state index contributed by atoms with van der Waals surface area (Å²) >= 11 is 0. The molecule has 2 rings (SSSR count). The number of ether oxygens (including phenoxy) is 1. The molecule has 150 valence electrons. The highest BCUT2D eigenvalue weighted by atomic mass is 127. The van der Waals surface area contributed by atoms with Crippen LogP contribution in [0.3, 0.4) is 0 Å². The molecule has 0 atom stereocenters. The van der Waals surface area contributed by atoms with Gasteiger partial charge in [-0.05, 0) is 50.8 Å². The van der Waals surface area contributed by atoms with Crippen LogP contribution >= 0.6 is 24.0 Å². The number of benzene rings is 1. The van der Waals surface area contributed by atoms with E-state index in [-0.39, 0.29) is 24.0 Å². The third-order valence-corrected chi connectivity index (χ3v) is 3.80. The van der Waals surface area contributed by atoms with Gasteiger partial charge in [0.2, 0.25) is 0 Å². The van der Waals surface area contributed by atoms with Gasteiger partial charge in [0.1, 0.15) is 12.4 Å². The van der Waals surface area contributed by atoms with E-state index in [0.29, 0.717) is 13.2 Å². The maximum absolute atomic E-state index is 5.79. The van der Waals surface area contributed by atoms with Gasteiger partial charge in [-0.2, -0.15) is 0 Å². The Kier molecular flexibility index (Phi) is 11.6. The Morgan fingerprint density at radius 2 is 1.93 bits per heavy atom. The summed E-state index contributed by atoms with van der Waals surface area (Å²) in [6.07, 6.45) is 4.13. The molecule has 1 aromatic heterocycles. The molecule has 1 heterocycles. The molecule has 0 spiro atoms. The van der Waals surface area contributed by atoms with E-state index >= 15 is 0 Å². The molecule has 0 bridgehead atoms. The van der Waals surface area contributed by atoms with Crippen LogP contribution in [0.25, 0.3) is 0 Å². The molecule has 7 heteroatoms. The molecule has 0 aliphatic heterocycles. The van der Waals surface area contributed by atoms with Gasteiger partial charge in [0.25, 0.3) is 0 Å². The third kappa shape index (κ3) is 9.67. The Morgan fingerprint density at radius 3 is 2.63 bits per heavy atom. The van der Waals surface area contributed by atoms with Gasteiger partial charge in [-0.15, -0.1) is 24.0 Å². The van der Waals surface area contributed by atoms with Crippen LogP contribution in [-0.4, -0.2) is 55.8 Å². The van der Waals surface area contributed by atoms with Gasteiger partial charge < -0.3 is 24.8 Å². The Bertz CT molecular complexity index is 658. The monoisotopic (exact) mass is 485 g/mol. The van der Waals surface area contributed by atoms with Gasteiger partial charge in [0.05, 0.1) is 6.54 Å². The lowest BCUT2D eigenvalue weighted by molar-refractivity contribution is 0.261. The van der Waals surface area contributed by atoms with Crippen LogP contribution in [0.15, 0.2) is 53.8 Å². The van der Waals surface area contributed by atoms with Gasteiger partial charge in [-0.3, -0.25) is 0 Å². The number of nitrogens with zero attached hydrogens (tertiary/aromatic N) is 3. The van der Waals surface area contributed by atoms with Crippen LogP contribution in [-0.2, 0) is 13.1 Å². The van der Waals surface area contributed by atoms with Crippen molar-refractivity contribution in [1.29, 1.82) is 0 Å². The first-order chi connectivity index (χ1) is 12.7. The molecule has 0 unspecified atom stereocenters. The number of aromatic nitrogens is 1. The number of aliphatic imine (C=N–C) groups is 1. The smallest absolute Gasteiger partial charge is 0.191 e. The Balaban J connectivity index is 0.00000364. The lowest BCUT2D eigenvalue weighted by Crippen LogP contribution is -2.38. The molecular formula is C20H32IN5O. The highest BCUT2D eigenvalue weighted by Crippen LogP contribution is 2.14. The number of halogens is 1. The third-order valence-electron chi connectivity index (χ3n) is 3.80. The Labute approximate surface area is 180 Å². The number of likely N-dealkylation sites (N-methyl/N-ethyl adjacent to an activating group) is 1. The minimum Gasteiger partial charge on any atom is -0.492 e. The fourth-order valence-electron chi connectivity index (χ4n) is 2.41. The van der Waals surface area contributed by atoms with E-state index in [1.165, 1.54) is 0 Å². The minimum absolute atomic E-state index is 0. The van der Waals surface area contributed by atoms with E-state index in [2.05, 4.69) is 56.5 Å². The zero-order chi connectivity index (χ0) is 18.6. The fourth-order valence-corrected chi connectivity index (χ4v) is 2.41. The van der Waals surface area contributed by atoms with Crippen molar-refractivity contribution in [3.63, 3.8) is 0 Å². The maximum Gasteiger partial charge on any atom is 0.191 e. The van der Waals surface area contributed by atoms with Gasteiger partial charge in [-0.1, -0.05) is 12.1 Å². The number of rotatable bonds is 10. The standard InChI is InChI=1S/C20H31N5O.HI/c1-4-21-20(22-10-13-25-11-5-6-12-25)23-17-18-8-7-9-19(16-18)26-15-14-24(2)3;/h5-9,11-12,16H,4,10,13-15,17H2,1-3H3,(H2,21,22,23);1H. The summed E-state index contributed by atoms with van der Waals surface area (Å²) in [7, 11) is 4.08. The summed E-state index contributed by atoms with van der Waals surface area (Å²) in [5.41, 5.74) is 1.13. The Hall–Kier alpha value is -1.74. The first kappa shape index (κ1) is 23.3. The van der Waals surface area contributed by atoms with E-state index in [1.807, 2.05) is 38.4 Å². The van der Waals surface area contributed by atoms with Crippen LogP contribution < -0.4 is 15.4 Å². The lowest BCUT2D eigenvalue weighted by atomic mass is 10.2.